The molecule has 0 radical (unpaired) electrons. The molecule has 1 atom stereocenters. The second-order valence-electron chi connectivity index (χ2n) is 6.59. The second-order valence-corrected chi connectivity index (χ2v) is 7.45. The van der Waals surface area contributed by atoms with Crippen molar-refractivity contribution in [3.05, 3.63) is 35.7 Å². The van der Waals surface area contributed by atoms with Gasteiger partial charge in [-0.1, -0.05) is 62.9 Å². The van der Waals surface area contributed by atoms with Crippen LogP contribution in [-0.4, -0.2) is 22.5 Å². The molecule has 1 saturated heterocycles. The van der Waals surface area contributed by atoms with Crippen molar-refractivity contribution in [1.29, 1.82) is 0 Å². The van der Waals surface area contributed by atoms with Gasteiger partial charge in [-0.3, -0.25) is 4.79 Å². The van der Waals surface area contributed by atoms with Crippen molar-refractivity contribution in [3.63, 3.8) is 0 Å². The molecule has 1 fully saturated rings. The molecule has 1 aliphatic rings. The summed E-state index contributed by atoms with van der Waals surface area (Å²) >= 11 is 1.43. The van der Waals surface area contributed by atoms with Crippen LogP contribution < -0.4 is 10.2 Å². The first-order chi connectivity index (χ1) is 12.0. The van der Waals surface area contributed by atoms with E-state index in [1.807, 2.05) is 37.3 Å². The molecule has 0 spiro atoms. The topological polar surface area (TPSA) is 62.3 Å². The molecule has 1 aromatic carbocycles. The summed E-state index contributed by atoms with van der Waals surface area (Å²) in [5.41, 5.74) is 0.148. The Kier molecular flexibility index (Phi) is 5.18. The normalized spacial score (nSPS) is 20.2. The van der Waals surface area contributed by atoms with Gasteiger partial charge in [-0.2, -0.15) is 0 Å². The number of urea groups is 1. The second kappa shape index (κ2) is 7.35. The predicted molar refractivity (Wildman–Crippen MR) is 101 cm³/mol. The fourth-order valence-electron chi connectivity index (χ4n) is 3.05. The van der Waals surface area contributed by atoms with E-state index in [0.717, 1.165) is 36.3 Å². The Morgan fingerprint density at radius 2 is 1.92 bits per heavy atom. The molecule has 6 heteroatoms. The first kappa shape index (κ1) is 17.6. The van der Waals surface area contributed by atoms with Crippen LogP contribution in [0.1, 0.15) is 46.0 Å². The molecular weight excluding hydrogens is 334 g/mol. The number of thiazole rings is 1. The van der Waals surface area contributed by atoms with Gasteiger partial charge in [0, 0.05) is 10.9 Å². The maximum atomic E-state index is 12.9. The Morgan fingerprint density at radius 1 is 1.16 bits per heavy atom. The first-order valence-electron chi connectivity index (χ1n) is 8.73. The molecule has 1 aromatic heterocycles. The molecule has 132 valence electrons. The number of rotatable bonds is 7. The number of hydrogen-bond acceptors (Lipinski definition) is 4. The Morgan fingerprint density at radius 3 is 2.64 bits per heavy atom. The molecule has 0 saturated carbocycles. The van der Waals surface area contributed by atoms with E-state index in [1.54, 1.807) is 5.38 Å². The standard InChI is InChI=1S/C19H23N3O2S/c1-3-4-5-9-12-19(2)17(23)22(18(24)21-19)15-13-25-16(20-15)14-10-7-6-8-11-14/h6-8,10-11,13H,3-5,9,12H2,1-2H3,(H,21,24)/t19-/m1/s1. The third-order valence-corrected chi connectivity index (χ3v) is 5.41. The minimum atomic E-state index is -0.832. The number of carbonyl (C=O) groups is 2. The average molecular weight is 357 g/mol. The molecule has 3 rings (SSSR count). The highest BCUT2D eigenvalue weighted by Gasteiger charge is 2.48. The number of benzene rings is 1. The minimum Gasteiger partial charge on any atom is -0.323 e. The lowest BCUT2D eigenvalue weighted by atomic mass is 9.94. The van der Waals surface area contributed by atoms with Crippen molar-refractivity contribution >= 4 is 29.1 Å². The van der Waals surface area contributed by atoms with Crippen LogP contribution in [0.15, 0.2) is 35.7 Å². The van der Waals surface area contributed by atoms with Crippen molar-refractivity contribution in [3.8, 4) is 10.6 Å². The maximum Gasteiger partial charge on any atom is 0.330 e. The Labute approximate surface area is 152 Å². The Balaban J connectivity index is 1.76. The third-order valence-electron chi connectivity index (χ3n) is 4.53. The van der Waals surface area contributed by atoms with Crippen LogP contribution in [-0.2, 0) is 4.79 Å². The van der Waals surface area contributed by atoms with Gasteiger partial charge in [-0.25, -0.2) is 14.7 Å². The highest BCUT2D eigenvalue weighted by molar-refractivity contribution is 7.13. The minimum absolute atomic E-state index is 0.209. The fraction of sp³-hybridized carbons (Fsp3) is 0.421. The van der Waals surface area contributed by atoms with Crippen LogP contribution in [0, 0.1) is 0 Å². The summed E-state index contributed by atoms with van der Waals surface area (Å²) in [6, 6.07) is 9.38. The molecule has 3 amide bonds. The lowest BCUT2D eigenvalue weighted by Crippen LogP contribution is -2.43. The molecule has 2 heterocycles. The quantitative estimate of drug-likeness (QED) is 0.582. The van der Waals surface area contributed by atoms with Crippen LogP contribution in [0.3, 0.4) is 0 Å². The molecule has 1 N–H and O–H groups in total. The maximum absolute atomic E-state index is 12.9. The lowest BCUT2D eigenvalue weighted by molar-refractivity contribution is -0.121. The number of nitrogens with one attached hydrogen (secondary N) is 1. The molecule has 0 aliphatic carbocycles. The van der Waals surface area contributed by atoms with Gasteiger partial charge >= 0.3 is 6.03 Å². The van der Waals surface area contributed by atoms with Crippen molar-refractivity contribution < 1.29 is 9.59 Å². The van der Waals surface area contributed by atoms with Crippen molar-refractivity contribution in [2.45, 2.75) is 51.5 Å². The van der Waals surface area contributed by atoms with E-state index in [4.69, 9.17) is 0 Å². The largest absolute Gasteiger partial charge is 0.330 e. The molecule has 5 nitrogen and oxygen atoms in total. The molecule has 2 aromatic rings. The summed E-state index contributed by atoms with van der Waals surface area (Å²) in [7, 11) is 0. The average Bonchev–Trinajstić information content (AvgIpc) is 3.16. The van der Waals surface area contributed by atoms with Gasteiger partial charge in [0.05, 0.1) is 0 Å². The Bertz CT molecular complexity index is 759. The van der Waals surface area contributed by atoms with Gasteiger partial charge in [0.15, 0.2) is 5.82 Å². The van der Waals surface area contributed by atoms with Gasteiger partial charge in [-0.15, -0.1) is 11.3 Å². The van der Waals surface area contributed by atoms with Gasteiger partial charge in [-0.05, 0) is 13.3 Å². The SMILES string of the molecule is CCCCCC[C@@]1(C)NC(=O)N(c2csc(-c3ccccc3)n2)C1=O. The van der Waals surface area contributed by atoms with Crippen LogP contribution in [0.4, 0.5) is 10.6 Å². The summed E-state index contributed by atoms with van der Waals surface area (Å²) in [5, 5.41) is 5.42. The first-order valence-corrected chi connectivity index (χ1v) is 9.61. The fourth-order valence-corrected chi connectivity index (χ4v) is 3.84. The number of imide groups is 1. The van der Waals surface area contributed by atoms with E-state index in [1.165, 1.54) is 16.2 Å². The van der Waals surface area contributed by atoms with Gasteiger partial charge in [0.2, 0.25) is 0 Å². The zero-order chi connectivity index (χ0) is 17.9. The smallest absolute Gasteiger partial charge is 0.323 e. The molecule has 0 bridgehead atoms. The van der Waals surface area contributed by atoms with E-state index in [2.05, 4.69) is 17.2 Å². The van der Waals surface area contributed by atoms with Gasteiger partial charge in [0.25, 0.3) is 5.91 Å². The number of carbonyl (C=O) groups excluding carboxylic acids is 2. The number of aromatic nitrogens is 1. The summed E-state index contributed by atoms with van der Waals surface area (Å²) < 4.78 is 0. The zero-order valence-corrected chi connectivity index (χ0v) is 15.4. The van der Waals surface area contributed by atoms with E-state index in [9.17, 15) is 9.59 Å². The number of hydrogen-bond donors (Lipinski definition) is 1. The molecule has 0 unspecified atom stereocenters. The number of amides is 3. The monoisotopic (exact) mass is 357 g/mol. The van der Waals surface area contributed by atoms with E-state index >= 15 is 0 Å². The van der Waals surface area contributed by atoms with Crippen molar-refractivity contribution in [1.82, 2.24) is 10.3 Å². The lowest BCUT2D eigenvalue weighted by Gasteiger charge is -2.21. The van der Waals surface area contributed by atoms with Gasteiger partial charge < -0.3 is 5.32 Å². The summed E-state index contributed by atoms with van der Waals surface area (Å²) in [6.45, 7) is 3.96. The number of anilines is 1. The number of nitrogens with zero attached hydrogens (tertiary/aromatic N) is 2. The highest BCUT2D eigenvalue weighted by atomic mass is 32.1. The predicted octanol–water partition coefficient (Wildman–Crippen LogP) is 4.60. The third kappa shape index (κ3) is 3.58. The van der Waals surface area contributed by atoms with Crippen LogP contribution in [0.2, 0.25) is 0 Å². The zero-order valence-electron chi connectivity index (χ0n) is 14.6. The molecule has 25 heavy (non-hydrogen) atoms. The van der Waals surface area contributed by atoms with Gasteiger partial charge in [0.1, 0.15) is 10.5 Å². The van der Waals surface area contributed by atoms with E-state index < -0.39 is 5.54 Å². The summed E-state index contributed by atoms with van der Waals surface area (Å²) in [5.74, 6) is 0.197. The van der Waals surface area contributed by atoms with Crippen LogP contribution in [0.25, 0.3) is 10.6 Å². The van der Waals surface area contributed by atoms with Crippen molar-refractivity contribution in [2.24, 2.45) is 0 Å². The van der Waals surface area contributed by atoms with E-state index in [-0.39, 0.29) is 11.9 Å². The van der Waals surface area contributed by atoms with Crippen LogP contribution in [0.5, 0.6) is 0 Å². The molecular formula is C19H23N3O2S. The summed E-state index contributed by atoms with van der Waals surface area (Å²) in [4.78, 5) is 30.9. The Hall–Kier alpha value is -2.21. The van der Waals surface area contributed by atoms with Crippen molar-refractivity contribution in [2.75, 3.05) is 4.90 Å². The highest BCUT2D eigenvalue weighted by Crippen LogP contribution is 2.32. The summed E-state index contributed by atoms with van der Waals surface area (Å²) in [6.07, 6.45) is 4.95. The number of unbranched alkanes of at least 4 members (excludes halogenated alkanes) is 3. The van der Waals surface area contributed by atoms with Crippen LogP contribution >= 0.6 is 11.3 Å². The van der Waals surface area contributed by atoms with E-state index in [0.29, 0.717) is 12.2 Å². The molecule has 1 aliphatic heterocycles.